The molecule has 0 amide bonds. The number of rotatable bonds is 1. The summed E-state index contributed by atoms with van der Waals surface area (Å²) in [6.45, 7) is 3.36. The summed E-state index contributed by atoms with van der Waals surface area (Å²) < 4.78 is 0. The third-order valence-corrected chi connectivity index (χ3v) is 4.17. The van der Waals surface area contributed by atoms with Gasteiger partial charge in [0.25, 0.3) is 0 Å². The van der Waals surface area contributed by atoms with Gasteiger partial charge in [-0.2, -0.15) is 0 Å². The van der Waals surface area contributed by atoms with Gasteiger partial charge >= 0.3 is 0 Å². The third kappa shape index (κ3) is 1.33. The number of thioether (sulfide) groups is 1. The van der Waals surface area contributed by atoms with E-state index in [1.54, 1.807) is 0 Å². The van der Waals surface area contributed by atoms with Gasteiger partial charge in [0, 0.05) is 23.0 Å². The molecule has 82 valence electrons. The molecule has 0 saturated heterocycles. The predicted molar refractivity (Wildman–Crippen MR) is 72.6 cm³/mol. The Morgan fingerprint density at radius 2 is 2.06 bits per heavy atom. The number of nitrogens with one attached hydrogen (secondary N) is 1. The van der Waals surface area contributed by atoms with E-state index in [2.05, 4.69) is 48.8 Å². The average Bonchev–Trinajstić information content (AvgIpc) is 2.70. The molecule has 1 aliphatic heterocycles. The van der Waals surface area contributed by atoms with Crippen LogP contribution in [0.25, 0.3) is 10.8 Å². The molecular weight excluding hydrogens is 214 g/mol. The highest BCUT2D eigenvalue weighted by molar-refractivity contribution is 7.98. The SMILES string of the molecule is CSc1cccc2c3c(ccc12)NCC3C. The minimum absolute atomic E-state index is 0.621. The van der Waals surface area contributed by atoms with E-state index in [1.165, 1.54) is 26.9 Å². The minimum atomic E-state index is 0.621. The van der Waals surface area contributed by atoms with Gasteiger partial charge in [-0.15, -0.1) is 11.8 Å². The lowest BCUT2D eigenvalue weighted by atomic mass is 9.96. The molecule has 0 radical (unpaired) electrons. The average molecular weight is 229 g/mol. The van der Waals surface area contributed by atoms with Gasteiger partial charge in [-0.3, -0.25) is 0 Å². The van der Waals surface area contributed by atoms with Crippen molar-refractivity contribution in [1.82, 2.24) is 0 Å². The predicted octanol–water partition coefficient (Wildman–Crippen LogP) is 4.09. The van der Waals surface area contributed by atoms with E-state index >= 15 is 0 Å². The Kier molecular flexibility index (Phi) is 2.32. The van der Waals surface area contributed by atoms with Crippen molar-refractivity contribution >= 4 is 28.2 Å². The molecule has 3 rings (SSSR count). The second kappa shape index (κ2) is 3.70. The fourth-order valence-corrected chi connectivity index (χ4v) is 3.19. The molecule has 0 aromatic heterocycles. The highest BCUT2D eigenvalue weighted by Gasteiger charge is 2.20. The lowest BCUT2D eigenvalue weighted by Gasteiger charge is -2.10. The maximum atomic E-state index is 3.47. The minimum Gasteiger partial charge on any atom is -0.384 e. The van der Waals surface area contributed by atoms with Crippen LogP contribution in [0.5, 0.6) is 0 Å². The molecular formula is C14H15NS. The first kappa shape index (κ1) is 10.0. The molecule has 2 heteroatoms. The van der Waals surface area contributed by atoms with E-state index in [0.29, 0.717) is 5.92 Å². The normalized spacial score (nSPS) is 18.5. The third-order valence-electron chi connectivity index (χ3n) is 3.37. The zero-order valence-corrected chi connectivity index (χ0v) is 10.4. The molecule has 2 aromatic carbocycles. The number of hydrogen-bond donors (Lipinski definition) is 1. The summed E-state index contributed by atoms with van der Waals surface area (Å²) >= 11 is 1.82. The molecule has 0 bridgehead atoms. The zero-order chi connectivity index (χ0) is 11.1. The Morgan fingerprint density at radius 3 is 2.88 bits per heavy atom. The van der Waals surface area contributed by atoms with Crippen LogP contribution in [-0.4, -0.2) is 12.8 Å². The molecule has 1 heterocycles. The Bertz CT molecular complexity index is 548. The van der Waals surface area contributed by atoms with E-state index in [1.807, 2.05) is 11.8 Å². The van der Waals surface area contributed by atoms with E-state index < -0.39 is 0 Å². The number of anilines is 1. The summed E-state index contributed by atoms with van der Waals surface area (Å²) in [6.07, 6.45) is 2.14. The lowest BCUT2D eigenvalue weighted by molar-refractivity contribution is 0.860. The van der Waals surface area contributed by atoms with Crippen LogP contribution in [0.15, 0.2) is 35.2 Å². The van der Waals surface area contributed by atoms with Gasteiger partial charge in [0.2, 0.25) is 0 Å². The number of benzene rings is 2. The fourth-order valence-electron chi connectivity index (χ4n) is 2.58. The highest BCUT2D eigenvalue weighted by Crippen LogP contribution is 2.39. The first-order chi connectivity index (χ1) is 7.81. The van der Waals surface area contributed by atoms with Crippen molar-refractivity contribution in [3.8, 4) is 0 Å². The van der Waals surface area contributed by atoms with Crippen LogP contribution < -0.4 is 5.32 Å². The Morgan fingerprint density at radius 1 is 1.19 bits per heavy atom. The standard InChI is InChI=1S/C14H15NS/c1-9-8-15-12-7-6-10-11(14(9)12)4-3-5-13(10)16-2/h3-7,9,15H,8H2,1-2H3. The lowest BCUT2D eigenvalue weighted by Crippen LogP contribution is -1.96. The molecule has 1 aliphatic rings. The van der Waals surface area contributed by atoms with Crippen molar-refractivity contribution in [3.05, 3.63) is 35.9 Å². The smallest absolute Gasteiger partial charge is 0.0382 e. The van der Waals surface area contributed by atoms with Crippen molar-refractivity contribution in [3.63, 3.8) is 0 Å². The van der Waals surface area contributed by atoms with Gasteiger partial charge in [-0.25, -0.2) is 0 Å². The van der Waals surface area contributed by atoms with Crippen LogP contribution in [-0.2, 0) is 0 Å². The molecule has 1 atom stereocenters. The molecule has 1 nitrogen and oxygen atoms in total. The fraction of sp³-hybridized carbons (Fsp3) is 0.286. The summed E-state index contributed by atoms with van der Waals surface area (Å²) in [5.74, 6) is 0.621. The summed E-state index contributed by atoms with van der Waals surface area (Å²) in [6, 6.07) is 11.1. The van der Waals surface area contributed by atoms with E-state index in [-0.39, 0.29) is 0 Å². The molecule has 0 saturated carbocycles. The van der Waals surface area contributed by atoms with E-state index in [4.69, 9.17) is 0 Å². The van der Waals surface area contributed by atoms with Crippen LogP contribution >= 0.6 is 11.8 Å². The Hall–Kier alpha value is -1.15. The molecule has 1 unspecified atom stereocenters. The molecule has 1 N–H and O–H groups in total. The summed E-state index contributed by atoms with van der Waals surface area (Å²) in [7, 11) is 0. The summed E-state index contributed by atoms with van der Waals surface area (Å²) in [5, 5.41) is 6.28. The van der Waals surface area contributed by atoms with Crippen LogP contribution in [0.2, 0.25) is 0 Å². The van der Waals surface area contributed by atoms with Crippen molar-refractivity contribution in [2.24, 2.45) is 0 Å². The van der Waals surface area contributed by atoms with Crippen molar-refractivity contribution in [1.29, 1.82) is 0 Å². The topological polar surface area (TPSA) is 12.0 Å². The van der Waals surface area contributed by atoms with Crippen molar-refractivity contribution < 1.29 is 0 Å². The van der Waals surface area contributed by atoms with Gasteiger partial charge < -0.3 is 5.32 Å². The second-order valence-corrected chi connectivity index (χ2v) is 5.21. The van der Waals surface area contributed by atoms with Crippen LogP contribution in [0.4, 0.5) is 5.69 Å². The van der Waals surface area contributed by atoms with E-state index in [9.17, 15) is 0 Å². The van der Waals surface area contributed by atoms with Gasteiger partial charge in [0.1, 0.15) is 0 Å². The second-order valence-electron chi connectivity index (χ2n) is 4.36. The van der Waals surface area contributed by atoms with Gasteiger partial charge in [-0.1, -0.05) is 25.1 Å². The van der Waals surface area contributed by atoms with E-state index in [0.717, 1.165) is 6.54 Å². The maximum Gasteiger partial charge on any atom is 0.0382 e. The van der Waals surface area contributed by atoms with Gasteiger partial charge in [0.15, 0.2) is 0 Å². The first-order valence-corrected chi connectivity index (χ1v) is 6.87. The van der Waals surface area contributed by atoms with Crippen molar-refractivity contribution in [2.45, 2.75) is 17.7 Å². The first-order valence-electron chi connectivity index (χ1n) is 5.64. The quantitative estimate of drug-likeness (QED) is 0.739. The Labute approximate surface area is 100 Å². The van der Waals surface area contributed by atoms with Crippen LogP contribution in [0, 0.1) is 0 Å². The highest BCUT2D eigenvalue weighted by atomic mass is 32.2. The van der Waals surface area contributed by atoms with Gasteiger partial charge in [0.05, 0.1) is 0 Å². The Balaban J connectivity index is 2.37. The van der Waals surface area contributed by atoms with Crippen LogP contribution in [0.1, 0.15) is 18.4 Å². The molecule has 0 spiro atoms. The zero-order valence-electron chi connectivity index (χ0n) is 9.58. The molecule has 0 fully saturated rings. The van der Waals surface area contributed by atoms with Gasteiger partial charge in [-0.05, 0) is 34.7 Å². The van der Waals surface area contributed by atoms with Crippen LogP contribution in [0.3, 0.4) is 0 Å². The van der Waals surface area contributed by atoms with Crippen molar-refractivity contribution in [2.75, 3.05) is 18.1 Å². The maximum absolute atomic E-state index is 3.47. The largest absolute Gasteiger partial charge is 0.384 e. The summed E-state index contributed by atoms with van der Waals surface area (Å²) in [4.78, 5) is 1.37. The number of hydrogen-bond acceptors (Lipinski definition) is 2. The summed E-state index contributed by atoms with van der Waals surface area (Å²) in [5.41, 5.74) is 2.81. The molecule has 0 aliphatic carbocycles. The molecule has 2 aromatic rings. The molecule has 16 heavy (non-hydrogen) atoms. The monoisotopic (exact) mass is 229 g/mol. The number of fused-ring (bicyclic) bond motifs is 3.